The average molecular weight is 343 g/mol. The van der Waals surface area contributed by atoms with Gasteiger partial charge in [0.15, 0.2) is 5.65 Å². The second-order valence-corrected chi connectivity index (χ2v) is 6.56. The van der Waals surface area contributed by atoms with Gasteiger partial charge in [0, 0.05) is 6.20 Å². The minimum atomic E-state index is -0.671. The predicted molar refractivity (Wildman–Crippen MR) is 92.0 cm³/mol. The van der Waals surface area contributed by atoms with Crippen LogP contribution in [0.5, 0.6) is 0 Å². The number of aromatic nitrogens is 3. The van der Waals surface area contributed by atoms with Crippen LogP contribution in [0, 0.1) is 5.92 Å². The Kier molecular flexibility index (Phi) is 4.57. The van der Waals surface area contributed by atoms with Gasteiger partial charge in [-0.3, -0.25) is 19.3 Å². The fourth-order valence-electron chi connectivity index (χ4n) is 2.27. The molecule has 1 atom stereocenters. The van der Waals surface area contributed by atoms with Crippen molar-refractivity contribution in [3.05, 3.63) is 46.8 Å². The van der Waals surface area contributed by atoms with Gasteiger partial charge in [-0.05, 0) is 29.5 Å². The molecule has 0 saturated heterocycles. The molecule has 124 valence electrons. The van der Waals surface area contributed by atoms with Gasteiger partial charge >= 0.3 is 0 Å². The van der Waals surface area contributed by atoms with Crippen molar-refractivity contribution in [1.82, 2.24) is 19.9 Å². The third-order valence-corrected chi connectivity index (χ3v) is 4.40. The second kappa shape index (κ2) is 6.79. The molecule has 3 rings (SSSR count). The maximum absolute atomic E-state index is 12.6. The van der Waals surface area contributed by atoms with E-state index in [1.54, 1.807) is 28.8 Å². The zero-order valence-corrected chi connectivity index (χ0v) is 14.1. The highest BCUT2D eigenvalue weighted by Gasteiger charge is 2.26. The molecule has 2 N–H and O–H groups in total. The number of thiophene rings is 1. The molecule has 2 amide bonds. The van der Waals surface area contributed by atoms with Crippen molar-refractivity contribution >= 4 is 34.7 Å². The number of nitrogens with zero attached hydrogens (tertiary/aromatic N) is 3. The van der Waals surface area contributed by atoms with E-state index >= 15 is 0 Å². The van der Waals surface area contributed by atoms with Crippen molar-refractivity contribution in [2.75, 3.05) is 5.32 Å². The van der Waals surface area contributed by atoms with Crippen LogP contribution in [-0.4, -0.2) is 32.5 Å². The highest BCUT2D eigenvalue weighted by molar-refractivity contribution is 7.12. The highest BCUT2D eigenvalue weighted by atomic mass is 32.1. The molecule has 0 radical (unpaired) electrons. The van der Waals surface area contributed by atoms with E-state index in [0.717, 1.165) is 0 Å². The third kappa shape index (κ3) is 3.28. The number of carbonyl (C=O) groups excluding carboxylic acids is 2. The number of anilines is 1. The van der Waals surface area contributed by atoms with Crippen LogP contribution in [0.25, 0.3) is 5.65 Å². The predicted octanol–water partition coefficient (Wildman–Crippen LogP) is 2.18. The first-order valence-electron chi connectivity index (χ1n) is 7.51. The van der Waals surface area contributed by atoms with Crippen LogP contribution < -0.4 is 10.6 Å². The molecule has 0 unspecified atom stereocenters. The summed E-state index contributed by atoms with van der Waals surface area (Å²) in [5.74, 6) is -0.335. The first-order valence-corrected chi connectivity index (χ1v) is 8.39. The van der Waals surface area contributed by atoms with Gasteiger partial charge in [0.05, 0.1) is 4.88 Å². The fraction of sp³-hybridized carbons (Fsp3) is 0.250. The molecule has 3 aromatic rings. The van der Waals surface area contributed by atoms with Crippen LogP contribution in [0.3, 0.4) is 0 Å². The largest absolute Gasteiger partial charge is 0.339 e. The Morgan fingerprint density at radius 2 is 2.00 bits per heavy atom. The summed E-state index contributed by atoms with van der Waals surface area (Å²) in [5.41, 5.74) is 0.636. The molecular weight excluding hydrogens is 326 g/mol. The van der Waals surface area contributed by atoms with Crippen LogP contribution in [0.15, 0.2) is 41.9 Å². The van der Waals surface area contributed by atoms with Gasteiger partial charge in [0.2, 0.25) is 11.9 Å². The van der Waals surface area contributed by atoms with E-state index in [1.807, 2.05) is 31.4 Å². The molecule has 0 aliphatic rings. The Morgan fingerprint density at radius 3 is 2.71 bits per heavy atom. The summed E-state index contributed by atoms with van der Waals surface area (Å²) in [4.78, 5) is 25.4. The number of nitrogens with one attached hydrogen (secondary N) is 2. The lowest BCUT2D eigenvalue weighted by Crippen LogP contribution is -2.47. The number of carbonyl (C=O) groups is 2. The number of fused-ring (bicyclic) bond motifs is 1. The minimum Gasteiger partial charge on any atom is -0.339 e. The van der Waals surface area contributed by atoms with E-state index < -0.39 is 6.04 Å². The molecule has 7 nitrogen and oxygen atoms in total. The van der Waals surface area contributed by atoms with Gasteiger partial charge in [-0.15, -0.1) is 21.5 Å². The van der Waals surface area contributed by atoms with E-state index in [4.69, 9.17) is 0 Å². The van der Waals surface area contributed by atoms with Crippen LogP contribution in [0.2, 0.25) is 0 Å². The molecular formula is C16H17N5O2S. The fourth-order valence-corrected chi connectivity index (χ4v) is 2.90. The van der Waals surface area contributed by atoms with E-state index in [2.05, 4.69) is 20.8 Å². The molecule has 0 bridgehead atoms. The lowest BCUT2D eigenvalue weighted by molar-refractivity contribution is -0.118. The molecule has 8 heteroatoms. The summed E-state index contributed by atoms with van der Waals surface area (Å²) >= 11 is 1.33. The van der Waals surface area contributed by atoms with Crippen molar-refractivity contribution in [2.45, 2.75) is 19.9 Å². The lowest BCUT2D eigenvalue weighted by Gasteiger charge is -2.20. The number of hydrogen-bond acceptors (Lipinski definition) is 5. The molecule has 0 aliphatic carbocycles. The van der Waals surface area contributed by atoms with Gasteiger partial charge in [0.1, 0.15) is 6.04 Å². The maximum Gasteiger partial charge on any atom is 0.262 e. The molecule has 0 saturated carbocycles. The van der Waals surface area contributed by atoms with E-state index in [1.165, 1.54) is 11.3 Å². The third-order valence-electron chi connectivity index (χ3n) is 3.53. The van der Waals surface area contributed by atoms with Gasteiger partial charge in [-0.25, -0.2) is 0 Å². The SMILES string of the molecule is CC(C)[C@@H](NC(=O)c1cccs1)C(=O)Nc1nnc2ccccn12. The Hall–Kier alpha value is -2.74. The smallest absolute Gasteiger partial charge is 0.262 e. The topological polar surface area (TPSA) is 88.4 Å². The molecule has 3 heterocycles. The molecule has 0 fully saturated rings. The number of pyridine rings is 1. The minimum absolute atomic E-state index is 0.0758. The average Bonchev–Trinajstić information content (AvgIpc) is 3.22. The summed E-state index contributed by atoms with van der Waals surface area (Å²) in [6.45, 7) is 3.75. The Balaban J connectivity index is 1.76. The summed E-state index contributed by atoms with van der Waals surface area (Å²) in [6.07, 6.45) is 1.76. The Morgan fingerprint density at radius 1 is 1.17 bits per heavy atom. The van der Waals surface area contributed by atoms with Crippen molar-refractivity contribution in [3.8, 4) is 0 Å². The second-order valence-electron chi connectivity index (χ2n) is 5.61. The number of rotatable bonds is 5. The van der Waals surface area contributed by atoms with Gasteiger partial charge < -0.3 is 5.32 Å². The first-order chi connectivity index (χ1) is 11.6. The van der Waals surface area contributed by atoms with Crippen LogP contribution in [0.1, 0.15) is 23.5 Å². The molecule has 3 aromatic heterocycles. The molecule has 0 aliphatic heterocycles. The van der Waals surface area contributed by atoms with E-state index in [9.17, 15) is 9.59 Å². The monoisotopic (exact) mass is 343 g/mol. The van der Waals surface area contributed by atoms with Crippen LogP contribution in [0.4, 0.5) is 5.95 Å². The lowest BCUT2D eigenvalue weighted by atomic mass is 10.0. The summed E-state index contributed by atoms with van der Waals surface area (Å²) in [7, 11) is 0. The summed E-state index contributed by atoms with van der Waals surface area (Å²) < 4.78 is 1.68. The quantitative estimate of drug-likeness (QED) is 0.743. The summed E-state index contributed by atoms with van der Waals surface area (Å²) in [6, 6.07) is 8.31. The summed E-state index contributed by atoms with van der Waals surface area (Å²) in [5, 5.41) is 15.3. The van der Waals surface area contributed by atoms with E-state index in [0.29, 0.717) is 16.5 Å². The van der Waals surface area contributed by atoms with Crippen molar-refractivity contribution in [3.63, 3.8) is 0 Å². The molecule has 0 aromatic carbocycles. The van der Waals surface area contributed by atoms with Crippen molar-refractivity contribution in [1.29, 1.82) is 0 Å². The maximum atomic E-state index is 12.6. The van der Waals surface area contributed by atoms with Gasteiger partial charge in [-0.1, -0.05) is 26.0 Å². The standard InChI is InChI=1S/C16H17N5O2S/c1-10(2)13(17-14(22)11-6-5-9-24-11)15(23)18-16-20-19-12-7-3-4-8-21(12)16/h3-10,13H,1-2H3,(H,17,22)(H,18,20,23)/t13-/m1/s1. The Labute approximate surface area is 142 Å². The highest BCUT2D eigenvalue weighted by Crippen LogP contribution is 2.12. The zero-order valence-electron chi connectivity index (χ0n) is 13.3. The molecule has 0 spiro atoms. The van der Waals surface area contributed by atoms with Crippen molar-refractivity contribution in [2.24, 2.45) is 5.92 Å². The number of hydrogen-bond donors (Lipinski definition) is 2. The normalized spacial score (nSPS) is 12.3. The zero-order chi connectivity index (χ0) is 17.1. The van der Waals surface area contributed by atoms with E-state index in [-0.39, 0.29) is 17.7 Å². The van der Waals surface area contributed by atoms with Crippen LogP contribution >= 0.6 is 11.3 Å². The van der Waals surface area contributed by atoms with Crippen LogP contribution in [-0.2, 0) is 4.79 Å². The van der Waals surface area contributed by atoms with Gasteiger partial charge in [0.25, 0.3) is 5.91 Å². The molecule has 24 heavy (non-hydrogen) atoms. The van der Waals surface area contributed by atoms with Crippen molar-refractivity contribution < 1.29 is 9.59 Å². The number of amides is 2. The Bertz CT molecular complexity index is 856. The first kappa shape index (κ1) is 16.1. The van der Waals surface area contributed by atoms with Gasteiger partial charge in [-0.2, -0.15) is 0 Å².